The van der Waals surface area contributed by atoms with Crippen LogP contribution in [0, 0.1) is 0 Å². The predicted octanol–water partition coefficient (Wildman–Crippen LogP) is 3.86. The van der Waals surface area contributed by atoms with Gasteiger partial charge in [0, 0.05) is 30.0 Å². The minimum Gasteiger partial charge on any atom is -0.464 e. The van der Waals surface area contributed by atoms with E-state index in [1.165, 1.54) is 28.5 Å². The first kappa shape index (κ1) is 11.7. The van der Waals surface area contributed by atoms with E-state index in [2.05, 4.69) is 41.7 Å². The van der Waals surface area contributed by atoms with Crippen LogP contribution in [0.5, 0.6) is 0 Å². The van der Waals surface area contributed by atoms with Gasteiger partial charge in [-0.2, -0.15) is 0 Å². The van der Waals surface area contributed by atoms with Gasteiger partial charge in [-0.1, -0.05) is 42.5 Å². The number of fused-ring (bicyclic) bond motifs is 2. The molecule has 0 radical (unpaired) electrons. The Kier molecular flexibility index (Phi) is 2.82. The van der Waals surface area contributed by atoms with Crippen LogP contribution in [0.4, 0.5) is 0 Å². The molecule has 1 aromatic heterocycles. The molecule has 2 nitrogen and oxygen atoms in total. The van der Waals surface area contributed by atoms with Crippen molar-refractivity contribution in [1.82, 2.24) is 5.32 Å². The molecular weight excluding hydrogens is 246 g/mol. The largest absolute Gasteiger partial charge is 0.464 e. The van der Waals surface area contributed by atoms with Crippen LogP contribution in [-0.2, 0) is 13.0 Å². The van der Waals surface area contributed by atoms with Gasteiger partial charge in [-0.3, -0.25) is 0 Å². The molecular formula is C18H17NO. The maximum absolute atomic E-state index is 5.56. The molecule has 1 aliphatic rings. The minimum atomic E-state index is 0.671. The lowest BCUT2D eigenvalue weighted by atomic mass is 9.77. The van der Waals surface area contributed by atoms with Gasteiger partial charge >= 0.3 is 0 Å². The van der Waals surface area contributed by atoms with Gasteiger partial charge in [0.2, 0.25) is 0 Å². The Bertz CT molecular complexity index is 744. The molecule has 4 rings (SSSR count). The summed E-state index contributed by atoms with van der Waals surface area (Å²) in [6.45, 7) is 1.91. The Labute approximate surface area is 118 Å². The molecule has 0 aliphatic heterocycles. The molecule has 1 atom stereocenters. The van der Waals surface area contributed by atoms with Gasteiger partial charge in [0.1, 0.15) is 5.58 Å². The lowest BCUT2D eigenvalue weighted by Crippen LogP contribution is -2.28. The third-order valence-corrected chi connectivity index (χ3v) is 4.23. The number of rotatable bonds is 4. The highest BCUT2D eigenvalue weighted by Gasteiger charge is 2.24. The molecule has 1 unspecified atom stereocenters. The van der Waals surface area contributed by atoms with Crippen molar-refractivity contribution < 1.29 is 4.42 Å². The fourth-order valence-electron chi connectivity index (χ4n) is 3.10. The average molecular weight is 263 g/mol. The molecule has 1 N–H and O–H groups in total. The van der Waals surface area contributed by atoms with E-state index in [1.54, 1.807) is 0 Å². The molecule has 0 spiro atoms. The number of furan rings is 1. The van der Waals surface area contributed by atoms with Crippen LogP contribution in [0.1, 0.15) is 22.6 Å². The lowest BCUT2D eigenvalue weighted by Gasteiger charge is -2.30. The van der Waals surface area contributed by atoms with Crippen molar-refractivity contribution in [2.24, 2.45) is 0 Å². The van der Waals surface area contributed by atoms with Gasteiger partial charge in [-0.05, 0) is 23.6 Å². The van der Waals surface area contributed by atoms with Gasteiger partial charge in [0.15, 0.2) is 0 Å². The van der Waals surface area contributed by atoms with Crippen LogP contribution >= 0.6 is 0 Å². The number of nitrogens with one attached hydrogen (secondary N) is 1. The van der Waals surface area contributed by atoms with Crippen molar-refractivity contribution in [1.29, 1.82) is 0 Å². The molecule has 1 aliphatic carbocycles. The molecule has 0 amide bonds. The van der Waals surface area contributed by atoms with Crippen molar-refractivity contribution in [2.75, 3.05) is 6.54 Å². The highest BCUT2D eigenvalue weighted by molar-refractivity contribution is 5.80. The van der Waals surface area contributed by atoms with Gasteiger partial charge in [0.05, 0.1) is 6.26 Å². The maximum Gasteiger partial charge on any atom is 0.134 e. The summed E-state index contributed by atoms with van der Waals surface area (Å²) < 4.78 is 5.56. The molecule has 20 heavy (non-hydrogen) atoms. The van der Waals surface area contributed by atoms with Crippen molar-refractivity contribution in [2.45, 2.75) is 18.9 Å². The molecule has 2 aromatic carbocycles. The SMILES string of the molecule is c1ccc2c(c1)CC2CNCc1coc2ccccc12. The number of hydrogen-bond donors (Lipinski definition) is 1. The van der Waals surface area contributed by atoms with Crippen LogP contribution in [0.3, 0.4) is 0 Å². The van der Waals surface area contributed by atoms with Gasteiger partial charge in [0.25, 0.3) is 0 Å². The second-order valence-electron chi connectivity index (χ2n) is 5.49. The molecule has 0 bridgehead atoms. The fourth-order valence-corrected chi connectivity index (χ4v) is 3.10. The molecule has 3 aromatic rings. The second kappa shape index (κ2) is 4.80. The first-order valence-corrected chi connectivity index (χ1v) is 7.15. The summed E-state index contributed by atoms with van der Waals surface area (Å²) in [6.07, 6.45) is 3.07. The van der Waals surface area contributed by atoms with E-state index >= 15 is 0 Å². The maximum atomic E-state index is 5.56. The van der Waals surface area contributed by atoms with E-state index in [0.717, 1.165) is 18.7 Å². The first-order valence-electron chi connectivity index (χ1n) is 7.15. The van der Waals surface area contributed by atoms with Crippen LogP contribution in [0.25, 0.3) is 11.0 Å². The van der Waals surface area contributed by atoms with E-state index in [9.17, 15) is 0 Å². The molecule has 100 valence electrons. The highest BCUT2D eigenvalue weighted by atomic mass is 16.3. The second-order valence-corrected chi connectivity index (χ2v) is 5.49. The van der Waals surface area contributed by atoms with Crippen LogP contribution in [0.15, 0.2) is 59.2 Å². The van der Waals surface area contributed by atoms with Crippen molar-refractivity contribution in [3.8, 4) is 0 Å². The third-order valence-electron chi connectivity index (χ3n) is 4.23. The third kappa shape index (κ3) is 1.93. The zero-order valence-corrected chi connectivity index (χ0v) is 11.3. The van der Waals surface area contributed by atoms with Crippen molar-refractivity contribution in [3.05, 3.63) is 71.5 Å². The average Bonchev–Trinajstić information content (AvgIpc) is 2.87. The minimum absolute atomic E-state index is 0.671. The quantitative estimate of drug-likeness (QED) is 0.773. The Morgan fingerprint density at radius 2 is 1.90 bits per heavy atom. The lowest BCUT2D eigenvalue weighted by molar-refractivity contribution is 0.532. The van der Waals surface area contributed by atoms with E-state index in [4.69, 9.17) is 4.42 Å². The zero-order chi connectivity index (χ0) is 13.4. The van der Waals surface area contributed by atoms with Gasteiger partial charge in [-0.15, -0.1) is 0 Å². The topological polar surface area (TPSA) is 25.2 Å². The normalized spacial score (nSPS) is 16.9. The summed E-state index contributed by atoms with van der Waals surface area (Å²) in [5.41, 5.74) is 5.23. The Morgan fingerprint density at radius 3 is 2.85 bits per heavy atom. The summed E-state index contributed by atoms with van der Waals surface area (Å²) >= 11 is 0. The monoisotopic (exact) mass is 263 g/mol. The smallest absolute Gasteiger partial charge is 0.134 e. The summed E-state index contributed by atoms with van der Waals surface area (Å²) in [7, 11) is 0. The summed E-state index contributed by atoms with van der Waals surface area (Å²) in [5, 5.41) is 4.78. The van der Waals surface area contributed by atoms with Gasteiger partial charge < -0.3 is 9.73 Å². The van der Waals surface area contributed by atoms with Crippen LogP contribution < -0.4 is 5.32 Å². The highest BCUT2D eigenvalue weighted by Crippen LogP contribution is 2.34. The van der Waals surface area contributed by atoms with Gasteiger partial charge in [-0.25, -0.2) is 0 Å². The van der Waals surface area contributed by atoms with Crippen molar-refractivity contribution >= 4 is 11.0 Å². The Hall–Kier alpha value is -2.06. The molecule has 0 fully saturated rings. The molecule has 2 heteroatoms. The van der Waals surface area contributed by atoms with E-state index in [-0.39, 0.29) is 0 Å². The number of hydrogen-bond acceptors (Lipinski definition) is 2. The molecule has 0 saturated carbocycles. The standard InChI is InChI=1S/C18H17NO/c1-2-6-16-13(5-1)9-14(16)10-19-11-15-12-20-18-8-4-3-7-17(15)18/h1-8,12,14,19H,9-11H2. The Morgan fingerprint density at radius 1 is 1.05 bits per heavy atom. The van der Waals surface area contributed by atoms with E-state index < -0.39 is 0 Å². The van der Waals surface area contributed by atoms with Crippen LogP contribution in [-0.4, -0.2) is 6.54 Å². The molecule has 0 saturated heterocycles. The van der Waals surface area contributed by atoms with Crippen LogP contribution in [0.2, 0.25) is 0 Å². The van der Waals surface area contributed by atoms with Crippen molar-refractivity contribution in [3.63, 3.8) is 0 Å². The first-order chi connectivity index (χ1) is 9.92. The number of para-hydroxylation sites is 1. The summed E-state index contributed by atoms with van der Waals surface area (Å²) in [6, 6.07) is 16.9. The van der Waals surface area contributed by atoms with E-state index in [1.807, 2.05) is 18.4 Å². The molecule has 1 heterocycles. The zero-order valence-electron chi connectivity index (χ0n) is 11.3. The fraction of sp³-hybridized carbons (Fsp3) is 0.222. The number of benzene rings is 2. The Balaban J connectivity index is 1.40. The predicted molar refractivity (Wildman–Crippen MR) is 80.8 cm³/mol. The summed E-state index contributed by atoms with van der Waals surface area (Å²) in [4.78, 5) is 0. The van der Waals surface area contributed by atoms with E-state index in [0.29, 0.717) is 5.92 Å². The summed E-state index contributed by atoms with van der Waals surface area (Å²) in [5.74, 6) is 0.671.